The molecule has 1 unspecified atom stereocenters. The van der Waals surface area contributed by atoms with Crippen LogP contribution in [-0.4, -0.2) is 24.5 Å². The van der Waals surface area contributed by atoms with Crippen LogP contribution in [0, 0.1) is 0 Å². The third-order valence-corrected chi connectivity index (χ3v) is 6.64. The van der Waals surface area contributed by atoms with E-state index in [2.05, 4.69) is 34.0 Å². The Kier molecular flexibility index (Phi) is 4.74. The molecule has 1 atom stereocenters. The number of hydrogen-bond donors (Lipinski definition) is 2. The first-order chi connectivity index (χ1) is 14.6. The van der Waals surface area contributed by atoms with Crippen LogP contribution in [0.15, 0.2) is 47.6 Å². The molecule has 0 bridgehead atoms. The average molecular weight is 405 g/mol. The van der Waals surface area contributed by atoms with Gasteiger partial charge in [0.25, 0.3) is 5.91 Å². The van der Waals surface area contributed by atoms with Crippen molar-refractivity contribution in [1.82, 2.24) is 10.7 Å². The number of benzene rings is 2. The third-order valence-electron chi connectivity index (χ3n) is 6.64. The van der Waals surface area contributed by atoms with Gasteiger partial charge < -0.3 is 9.47 Å². The summed E-state index contributed by atoms with van der Waals surface area (Å²) in [4.78, 5) is 13.4. The Hall–Kier alpha value is -2.86. The molecule has 1 saturated carbocycles. The van der Waals surface area contributed by atoms with Gasteiger partial charge in [-0.2, -0.15) is 5.10 Å². The van der Waals surface area contributed by atoms with Crippen molar-refractivity contribution in [3.05, 3.63) is 59.2 Å². The van der Waals surface area contributed by atoms with Crippen LogP contribution in [0.2, 0.25) is 0 Å². The molecule has 2 aromatic carbocycles. The number of nitrogens with one attached hydrogen (secondary N) is 2. The zero-order valence-electron chi connectivity index (χ0n) is 17.2. The van der Waals surface area contributed by atoms with Crippen molar-refractivity contribution in [2.45, 2.75) is 56.5 Å². The minimum atomic E-state index is -0.821. The SMILES string of the molecule is CC1(C(=O)NN=Cc2ccc3c(c2)OCO3)NC2(CCCCC2)Cc2ccccc21. The molecule has 0 saturated heterocycles. The highest BCUT2D eigenvalue weighted by Crippen LogP contribution is 2.41. The Bertz CT molecular complexity index is 997. The standard InChI is InChI=1S/C24H27N3O3/c1-23(22(28)26-25-15-17-9-10-20-21(13-17)30-16-29-20)19-8-4-3-7-18(19)14-24(27-23)11-5-2-6-12-24/h3-4,7-10,13,15,27H,2,5-6,11-12,14,16H2,1H3,(H,26,28). The van der Waals surface area contributed by atoms with Crippen molar-refractivity contribution >= 4 is 12.1 Å². The predicted molar refractivity (Wildman–Crippen MR) is 115 cm³/mol. The highest BCUT2D eigenvalue weighted by Gasteiger charge is 2.48. The Balaban J connectivity index is 1.38. The van der Waals surface area contributed by atoms with E-state index in [1.54, 1.807) is 6.21 Å². The number of ether oxygens (including phenoxy) is 2. The number of amides is 1. The van der Waals surface area contributed by atoms with E-state index in [-0.39, 0.29) is 18.2 Å². The van der Waals surface area contributed by atoms with Crippen molar-refractivity contribution in [2.75, 3.05) is 6.79 Å². The van der Waals surface area contributed by atoms with Crippen LogP contribution in [0.3, 0.4) is 0 Å². The molecule has 1 spiro atoms. The Labute approximate surface area is 176 Å². The van der Waals surface area contributed by atoms with Gasteiger partial charge in [-0.3, -0.25) is 10.1 Å². The summed E-state index contributed by atoms with van der Waals surface area (Å²) in [5, 5.41) is 7.99. The molecule has 156 valence electrons. The summed E-state index contributed by atoms with van der Waals surface area (Å²) in [5.74, 6) is 1.28. The number of rotatable bonds is 3. The fourth-order valence-corrected chi connectivity index (χ4v) is 5.15. The van der Waals surface area contributed by atoms with Crippen LogP contribution in [0.25, 0.3) is 0 Å². The van der Waals surface area contributed by atoms with Crippen molar-refractivity contribution in [2.24, 2.45) is 5.10 Å². The van der Waals surface area contributed by atoms with Gasteiger partial charge in [0, 0.05) is 5.54 Å². The molecule has 2 N–H and O–H groups in total. The van der Waals surface area contributed by atoms with E-state index >= 15 is 0 Å². The smallest absolute Gasteiger partial charge is 0.264 e. The summed E-state index contributed by atoms with van der Waals surface area (Å²) < 4.78 is 10.7. The number of carbonyl (C=O) groups is 1. The summed E-state index contributed by atoms with van der Waals surface area (Å²) in [6, 6.07) is 13.9. The summed E-state index contributed by atoms with van der Waals surface area (Å²) in [5.41, 5.74) is 5.07. The van der Waals surface area contributed by atoms with Gasteiger partial charge in [-0.1, -0.05) is 43.5 Å². The van der Waals surface area contributed by atoms with Gasteiger partial charge in [-0.15, -0.1) is 0 Å². The number of fused-ring (bicyclic) bond motifs is 2. The highest BCUT2D eigenvalue weighted by molar-refractivity contribution is 5.90. The van der Waals surface area contributed by atoms with E-state index in [0.717, 1.165) is 36.1 Å². The largest absolute Gasteiger partial charge is 0.454 e. The van der Waals surface area contributed by atoms with Gasteiger partial charge in [-0.25, -0.2) is 5.43 Å². The quantitative estimate of drug-likeness (QED) is 0.604. The lowest BCUT2D eigenvalue weighted by Crippen LogP contribution is -2.65. The summed E-state index contributed by atoms with van der Waals surface area (Å²) in [7, 11) is 0. The highest BCUT2D eigenvalue weighted by atomic mass is 16.7. The second kappa shape index (κ2) is 7.43. The first-order valence-electron chi connectivity index (χ1n) is 10.7. The molecule has 1 fully saturated rings. The Morgan fingerprint density at radius 2 is 1.90 bits per heavy atom. The zero-order chi connectivity index (χ0) is 20.6. The van der Waals surface area contributed by atoms with Crippen LogP contribution in [0.5, 0.6) is 11.5 Å². The molecule has 2 aromatic rings. The fourth-order valence-electron chi connectivity index (χ4n) is 5.15. The summed E-state index contributed by atoms with van der Waals surface area (Å²) >= 11 is 0. The first kappa shape index (κ1) is 19.1. The van der Waals surface area contributed by atoms with Crippen LogP contribution in [0.1, 0.15) is 55.7 Å². The summed E-state index contributed by atoms with van der Waals surface area (Å²) in [6.45, 7) is 2.21. The normalized spacial score (nSPS) is 24.0. The molecule has 6 nitrogen and oxygen atoms in total. The topological polar surface area (TPSA) is 72.0 Å². The molecule has 1 aliphatic carbocycles. The van der Waals surface area contributed by atoms with Gasteiger partial charge >= 0.3 is 0 Å². The van der Waals surface area contributed by atoms with Gasteiger partial charge in [-0.05, 0) is 61.1 Å². The molecule has 6 heteroatoms. The van der Waals surface area contributed by atoms with Crippen molar-refractivity contribution in [3.63, 3.8) is 0 Å². The maximum absolute atomic E-state index is 13.4. The molecule has 5 rings (SSSR count). The predicted octanol–water partition coefficient (Wildman–Crippen LogP) is 3.63. The molecule has 1 amide bonds. The second-order valence-electron chi connectivity index (χ2n) is 8.74. The minimum Gasteiger partial charge on any atom is -0.454 e. The molecular formula is C24H27N3O3. The molecule has 0 aromatic heterocycles. The molecule has 3 aliphatic rings. The maximum Gasteiger partial charge on any atom is 0.264 e. The van der Waals surface area contributed by atoms with Crippen molar-refractivity contribution < 1.29 is 14.3 Å². The Morgan fingerprint density at radius 3 is 2.77 bits per heavy atom. The maximum atomic E-state index is 13.4. The van der Waals surface area contributed by atoms with Crippen LogP contribution >= 0.6 is 0 Å². The number of nitrogens with zero attached hydrogens (tertiary/aromatic N) is 1. The monoisotopic (exact) mass is 405 g/mol. The zero-order valence-corrected chi connectivity index (χ0v) is 17.2. The molecule has 2 heterocycles. The first-order valence-corrected chi connectivity index (χ1v) is 10.7. The van der Waals surface area contributed by atoms with E-state index < -0.39 is 5.54 Å². The number of carbonyl (C=O) groups excluding carboxylic acids is 1. The van der Waals surface area contributed by atoms with Gasteiger partial charge in [0.1, 0.15) is 5.54 Å². The molecule has 0 radical (unpaired) electrons. The van der Waals surface area contributed by atoms with Crippen LogP contribution < -0.4 is 20.2 Å². The molecular weight excluding hydrogens is 378 g/mol. The average Bonchev–Trinajstić information content (AvgIpc) is 3.22. The van der Waals surface area contributed by atoms with E-state index in [4.69, 9.17) is 9.47 Å². The van der Waals surface area contributed by atoms with Gasteiger partial charge in [0.05, 0.1) is 6.21 Å². The van der Waals surface area contributed by atoms with Crippen molar-refractivity contribution in [1.29, 1.82) is 0 Å². The lowest BCUT2D eigenvalue weighted by atomic mass is 9.69. The Morgan fingerprint density at radius 1 is 1.10 bits per heavy atom. The van der Waals surface area contributed by atoms with E-state index in [9.17, 15) is 4.79 Å². The number of hydrazone groups is 1. The van der Waals surface area contributed by atoms with Gasteiger partial charge in [0.15, 0.2) is 11.5 Å². The fraction of sp³-hybridized carbons (Fsp3) is 0.417. The van der Waals surface area contributed by atoms with Crippen LogP contribution in [0.4, 0.5) is 0 Å². The lowest BCUT2D eigenvalue weighted by molar-refractivity contribution is -0.129. The lowest BCUT2D eigenvalue weighted by Gasteiger charge is -2.49. The van der Waals surface area contributed by atoms with Crippen molar-refractivity contribution in [3.8, 4) is 11.5 Å². The van der Waals surface area contributed by atoms with E-state index in [1.807, 2.05) is 31.2 Å². The second-order valence-corrected chi connectivity index (χ2v) is 8.74. The number of hydrogen-bond acceptors (Lipinski definition) is 5. The molecule has 2 aliphatic heterocycles. The van der Waals surface area contributed by atoms with E-state index in [0.29, 0.717) is 5.75 Å². The van der Waals surface area contributed by atoms with Crippen LogP contribution in [-0.2, 0) is 16.8 Å². The minimum absolute atomic E-state index is 0.0142. The van der Waals surface area contributed by atoms with E-state index in [1.165, 1.54) is 24.8 Å². The third kappa shape index (κ3) is 3.35. The summed E-state index contributed by atoms with van der Waals surface area (Å²) in [6.07, 6.45) is 8.49. The van der Waals surface area contributed by atoms with Gasteiger partial charge in [0.2, 0.25) is 6.79 Å². The molecule has 30 heavy (non-hydrogen) atoms.